The lowest BCUT2D eigenvalue weighted by Gasteiger charge is -2.39. The van der Waals surface area contributed by atoms with Crippen molar-refractivity contribution in [1.29, 1.82) is 0 Å². The number of hydrogen-bond acceptors (Lipinski definition) is 5. The van der Waals surface area contributed by atoms with Crippen LogP contribution in [0.15, 0.2) is 51.3 Å². The molecule has 6 heteroatoms. The van der Waals surface area contributed by atoms with Crippen molar-refractivity contribution >= 4 is 27.7 Å². The molecule has 0 fully saturated rings. The van der Waals surface area contributed by atoms with Crippen molar-refractivity contribution in [2.75, 3.05) is 19.8 Å². The first kappa shape index (κ1) is 21.8. The van der Waals surface area contributed by atoms with Crippen molar-refractivity contribution < 1.29 is 19.1 Å². The quantitative estimate of drug-likeness (QED) is 0.493. The number of esters is 1. The van der Waals surface area contributed by atoms with E-state index in [0.29, 0.717) is 30.8 Å². The number of benzene rings is 1. The number of rotatable bonds is 6. The Morgan fingerprint density at radius 3 is 2.55 bits per heavy atom. The molecule has 1 aliphatic carbocycles. The summed E-state index contributed by atoms with van der Waals surface area (Å²) in [5.74, 6) is -0.752. The average molecular weight is 462 g/mol. The third-order valence-electron chi connectivity index (χ3n) is 5.33. The van der Waals surface area contributed by atoms with E-state index in [-0.39, 0.29) is 17.8 Å². The number of halogens is 1. The molecule has 5 nitrogen and oxygen atoms in total. The molecule has 0 unspecified atom stereocenters. The summed E-state index contributed by atoms with van der Waals surface area (Å²) in [7, 11) is 0. The predicted octanol–water partition coefficient (Wildman–Crippen LogP) is 4.63. The Kier molecular flexibility index (Phi) is 6.64. The fraction of sp³-hybridized carbons (Fsp3) is 0.478. The Labute approximate surface area is 180 Å². The van der Waals surface area contributed by atoms with Gasteiger partial charge in [-0.3, -0.25) is 4.79 Å². The van der Waals surface area contributed by atoms with Crippen LogP contribution >= 0.6 is 15.9 Å². The van der Waals surface area contributed by atoms with Gasteiger partial charge in [0, 0.05) is 40.4 Å². The molecule has 1 heterocycles. The van der Waals surface area contributed by atoms with Crippen LogP contribution in [0.4, 0.5) is 0 Å². The number of dihydropyridines is 1. The molecule has 0 radical (unpaired) electrons. The third kappa shape index (κ3) is 4.81. The number of ether oxygens (including phenoxy) is 2. The molecule has 3 rings (SSSR count). The summed E-state index contributed by atoms with van der Waals surface area (Å²) in [5, 5.41) is 3.35. The SMILES string of the molecule is CCOCCOC(=O)C1=C(C)NC2=C(C(=O)CC(C)(C)C2)[C@H]1c1ccc(Br)cc1. The highest BCUT2D eigenvalue weighted by Gasteiger charge is 2.43. The summed E-state index contributed by atoms with van der Waals surface area (Å²) in [6.07, 6.45) is 1.23. The normalized spacial score (nSPS) is 21.0. The molecule has 0 aromatic heterocycles. The molecule has 156 valence electrons. The fourth-order valence-electron chi connectivity index (χ4n) is 4.11. The van der Waals surface area contributed by atoms with Gasteiger partial charge < -0.3 is 14.8 Å². The van der Waals surface area contributed by atoms with E-state index in [1.54, 1.807) is 0 Å². The molecule has 1 atom stereocenters. The van der Waals surface area contributed by atoms with Gasteiger partial charge in [0.1, 0.15) is 6.61 Å². The third-order valence-corrected chi connectivity index (χ3v) is 5.86. The molecule has 1 N–H and O–H groups in total. The lowest BCUT2D eigenvalue weighted by molar-refractivity contribution is -0.140. The molecule has 0 saturated heterocycles. The number of allylic oxidation sites excluding steroid dienone is 3. The van der Waals surface area contributed by atoms with E-state index in [2.05, 4.69) is 35.1 Å². The van der Waals surface area contributed by atoms with E-state index >= 15 is 0 Å². The molecular weight excluding hydrogens is 434 g/mol. The van der Waals surface area contributed by atoms with E-state index in [9.17, 15) is 9.59 Å². The smallest absolute Gasteiger partial charge is 0.336 e. The van der Waals surface area contributed by atoms with Crippen LogP contribution in [-0.2, 0) is 19.1 Å². The second kappa shape index (κ2) is 8.84. The van der Waals surface area contributed by atoms with Gasteiger partial charge >= 0.3 is 5.97 Å². The van der Waals surface area contributed by atoms with Crippen LogP contribution in [-0.4, -0.2) is 31.6 Å². The highest BCUT2D eigenvalue weighted by atomic mass is 79.9. The molecule has 1 aromatic rings. The number of nitrogens with one attached hydrogen (secondary N) is 1. The molecule has 2 aliphatic rings. The van der Waals surface area contributed by atoms with Crippen LogP contribution in [0.2, 0.25) is 0 Å². The number of hydrogen-bond donors (Lipinski definition) is 1. The number of carbonyl (C=O) groups is 2. The molecular formula is C23H28BrNO4. The lowest BCUT2D eigenvalue weighted by Crippen LogP contribution is -2.38. The standard InChI is InChI=1S/C23H28BrNO4/c1-5-28-10-11-29-22(27)19-14(2)25-17-12-23(3,4)13-18(26)21(17)20(19)15-6-8-16(24)9-7-15/h6-9,20,25H,5,10-13H2,1-4H3/t20-/m0/s1. The van der Waals surface area contributed by atoms with Gasteiger partial charge in [-0.25, -0.2) is 4.79 Å². The lowest BCUT2D eigenvalue weighted by atomic mass is 9.68. The molecule has 29 heavy (non-hydrogen) atoms. The minimum absolute atomic E-state index is 0.0868. The van der Waals surface area contributed by atoms with Crippen molar-refractivity contribution in [1.82, 2.24) is 5.32 Å². The zero-order valence-corrected chi connectivity index (χ0v) is 19.0. The Bertz CT molecular complexity index is 867. The minimum atomic E-state index is -0.428. The van der Waals surface area contributed by atoms with Gasteiger partial charge in [-0.1, -0.05) is 41.9 Å². The Morgan fingerprint density at radius 1 is 1.21 bits per heavy atom. The van der Waals surface area contributed by atoms with Crippen LogP contribution in [0.5, 0.6) is 0 Å². The molecule has 0 amide bonds. The Morgan fingerprint density at radius 2 is 1.90 bits per heavy atom. The summed E-state index contributed by atoms with van der Waals surface area (Å²) in [6.45, 7) is 9.08. The molecule has 1 aliphatic heterocycles. The van der Waals surface area contributed by atoms with E-state index in [1.165, 1.54) is 0 Å². The van der Waals surface area contributed by atoms with Gasteiger partial charge in [0.2, 0.25) is 0 Å². The molecule has 1 aromatic carbocycles. The zero-order valence-electron chi connectivity index (χ0n) is 17.4. The minimum Gasteiger partial charge on any atom is -0.460 e. The Balaban J connectivity index is 2.01. The second-order valence-corrected chi connectivity index (χ2v) is 9.23. The largest absolute Gasteiger partial charge is 0.460 e. The summed E-state index contributed by atoms with van der Waals surface area (Å²) in [4.78, 5) is 26.2. The van der Waals surface area contributed by atoms with Crippen molar-refractivity contribution in [3.05, 3.63) is 56.8 Å². The zero-order chi connectivity index (χ0) is 21.2. The van der Waals surface area contributed by atoms with Gasteiger partial charge in [0.15, 0.2) is 5.78 Å². The first-order valence-corrected chi connectivity index (χ1v) is 10.8. The van der Waals surface area contributed by atoms with Gasteiger partial charge in [0.25, 0.3) is 0 Å². The monoisotopic (exact) mass is 461 g/mol. The van der Waals surface area contributed by atoms with Crippen molar-refractivity contribution in [3.63, 3.8) is 0 Å². The fourth-order valence-corrected chi connectivity index (χ4v) is 4.37. The highest BCUT2D eigenvalue weighted by molar-refractivity contribution is 9.10. The van der Waals surface area contributed by atoms with E-state index in [4.69, 9.17) is 9.47 Å². The van der Waals surface area contributed by atoms with Gasteiger partial charge in [-0.05, 0) is 43.4 Å². The van der Waals surface area contributed by atoms with Crippen LogP contribution in [0.25, 0.3) is 0 Å². The van der Waals surface area contributed by atoms with Crippen molar-refractivity contribution in [2.45, 2.75) is 46.5 Å². The van der Waals surface area contributed by atoms with E-state index in [0.717, 1.165) is 27.9 Å². The predicted molar refractivity (Wildman–Crippen MR) is 115 cm³/mol. The van der Waals surface area contributed by atoms with Crippen molar-refractivity contribution in [3.8, 4) is 0 Å². The number of carbonyl (C=O) groups excluding carboxylic acids is 2. The number of ketones is 1. The molecule has 0 saturated carbocycles. The van der Waals surface area contributed by atoms with E-state index < -0.39 is 11.9 Å². The maximum atomic E-state index is 13.2. The molecule has 0 bridgehead atoms. The Hall–Kier alpha value is -1.92. The first-order valence-electron chi connectivity index (χ1n) is 9.98. The first-order chi connectivity index (χ1) is 13.7. The summed E-state index contributed by atoms with van der Waals surface area (Å²) in [6, 6.07) is 7.78. The summed E-state index contributed by atoms with van der Waals surface area (Å²) < 4.78 is 11.7. The van der Waals surface area contributed by atoms with E-state index in [1.807, 2.05) is 38.1 Å². The molecule has 0 spiro atoms. The second-order valence-electron chi connectivity index (χ2n) is 8.31. The van der Waals surface area contributed by atoms with Crippen LogP contribution in [0.3, 0.4) is 0 Å². The van der Waals surface area contributed by atoms with Gasteiger partial charge in [-0.15, -0.1) is 0 Å². The van der Waals surface area contributed by atoms with Crippen molar-refractivity contribution in [2.24, 2.45) is 5.41 Å². The highest BCUT2D eigenvalue weighted by Crippen LogP contribution is 2.46. The van der Waals surface area contributed by atoms with Crippen LogP contribution in [0.1, 0.15) is 52.0 Å². The number of Topliss-reactive ketones (excluding diaryl/α,β-unsaturated/α-hetero) is 1. The van der Waals surface area contributed by atoms with Crippen LogP contribution < -0.4 is 5.32 Å². The topological polar surface area (TPSA) is 64.6 Å². The average Bonchev–Trinajstić information content (AvgIpc) is 2.63. The van der Waals surface area contributed by atoms with Gasteiger partial charge in [-0.2, -0.15) is 0 Å². The maximum absolute atomic E-state index is 13.2. The summed E-state index contributed by atoms with van der Waals surface area (Å²) >= 11 is 3.46. The summed E-state index contributed by atoms with van der Waals surface area (Å²) in [5.41, 5.74) is 3.64. The van der Waals surface area contributed by atoms with Crippen LogP contribution in [0, 0.1) is 5.41 Å². The maximum Gasteiger partial charge on any atom is 0.336 e. The van der Waals surface area contributed by atoms with Gasteiger partial charge in [0.05, 0.1) is 12.2 Å².